The van der Waals surface area contributed by atoms with E-state index in [-0.39, 0.29) is 6.10 Å². The van der Waals surface area contributed by atoms with Crippen LogP contribution < -0.4 is 5.32 Å². The zero-order valence-electron chi connectivity index (χ0n) is 5.46. The number of amides is 1. The van der Waals surface area contributed by atoms with Crippen molar-refractivity contribution in [3.63, 3.8) is 0 Å². The Bertz CT molecular complexity index is 197. The molecule has 0 aromatic rings. The Labute approximate surface area is 57.9 Å². The first-order valence-electron chi connectivity index (χ1n) is 2.86. The second-order valence-corrected chi connectivity index (χ2v) is 1.94. The molecule has 0 unspecified atom stereocenters. The lowest BCUT2D eigenvalue weighted by Gasteiger charge is -2.04. The van der Waals surface area contributed by atoms with Crippen LogP contribution in [0.3, 0.4) is 0 Å². The minimum atomic E-state index is -0.406. The number of cyclic esters (lactones) is 1. The molecule has 0 aliphatic carbocycles. The summed E-state index contributed by atoms with van der Waals surface area (Å²) in [6, 6.07) is 0. The zero-order valence-corrected chi connectivity index (χ0v) is 5.46. The highest BCUT2D eigenvalue weighted by Gasteiger charge is 2.20. The molecule has 1 aliphatic heterocycles. The minimum absolute atomic E-state index is 0.322. The predicted octanol–water partition coefficient (Wildman–Crippen LogP) is -0.438. The van der Waals surface area contributed by atoms with Gasteiger partial charge >= 0.3 is 5.97 Å². The van der Waals surface area contributed by atoms with E-state index in [9.17, 15) is 9.59 Å². The van der Waals surface area contributed by atoms with E-state index in [0.717, 1.165) is 0 Å². The van der Waals surface area contributed by atoms with Gasteiger partial charge in [-0.3, -0.25) is 4.79 Å². The number of carbonyl (C=O) groups is 2. The summed E-state index contributed by atoms with van der Waals surface area (Å²) in [6.07, 6.45) is 1.46. The van der Waals surface area contributed by atoms with Crippen molar-refractivity contribution in [1.82, 2.24) is 5.32 Å². The summed E-state index contributed by atoms with van der Waals surface area (Å²) < 4.78 is 4.67. The van der Waals surface area contributed by atoms with Crippen molar-refractivity contribution in [2.75, 3.05) is 0 Å². The number of carbonyl (C=O) groups excluding carboxylic acids is 2. The smallest absolute Gasteiger partial charge is 0.333 e. The Kier molecular flexibility index (Phi) is 1.71. The van der Waals surface area contributed by atoms with Crippen molar-refractivity contribution in [3.05, 3.63) is 11.8 Å². The average molecular weight is 141 g/mol. The maximum Gasteiger partial charge on any atom is 0.333 e. The van der Waals surface area contributed by atoms with Gasteiger partial charge in [0.15, 0.2) is 0 Å². The van der Waals surface area contributed by atoms with E-state index < -0.39 is 5.97 Å². The number of hydrogen-bond acceptors (Lipinski definition) is 3. The van der Waals surface area contributed by atoms with Crippen LogP contribution in [-0.4, -0.2) is 18.5 Å². The third-order valence-corrected chi connectivity index (χ3v) is 1.23. The molecule has 0 aromatic heterocycles. The van der Waals surface area contributed by atoms with Crippen LogP contribution in [0.1, 0.15) is 6.92 Å². The second kappa shape index (κ2) is 2.51. The van der Waals surface area contributed by atoms with E-state index in [1.165, 1.54) is 6.08 Å². The van der Waals surface area contributed by atoms with Crippen LogP contribution in [0.2, 0.25) is 0 Å². The highest BCUT2D eigenvalue weighted by Crippen LogP contribution is 2.10. The Morgan fingerprint density at radius 1 is 1.80 bits per heavy atom. The summed E-state index contributed by atoms with van der Waals surface area (Å²) in [5.74, 6) is -0.406. The first kappa shape index (κ1) is 6.80. The molecule has 1 aliphatic rings. The van der Waals surface area contributed by atoms with Gasteiger partial charge in [-0.15, -0.1) is 0 Å². The molecule has 10 heavy (non-hydrogen) atoms. The van der Waals surface area contributed by atoms with E-state index in [4.69, 9.17) is 0 Å². The van der Waals surface area contributed by atoms with Gasteiger partial charge in [-0.1, -0.05) is 0 Å². The molecule has 1 N–H and O–H groups in total. The fraction of sp³-hybridized carbons (Fsp3) is 0.333. The van der Waals surface area contributed by atoms with Gasteiger partial charge in [0, 0.05) is 6.08 Å². The van der Waals surface area contributed by atoms with Crippen LogP contribution in [0.15, 0.2) is 11.8 Å². The van der Waals surface area contributed by atoms with Crippen molar-refractivity contribution in [3.8, 4) is 0 Å². The molecule has 0 saturated heterocycles. The van der Waals surface area contributed by atoms with E-state index in [1.54, 1.807) is 6.92 Å². The van der Waals surface area contributed by atoms with Crippen LogP contribution in [0.5, 0.6) is 0 Å². The summed E-state index contributed by atoms with van der Waals surface area (Å²) in [5, 5.41) is 2.36. The number of rotatable bonds is 2. The van der Waals surface area contributed by atoms with Gasteiger partial charge in [0.05, 0.1) is 5.70 Å². The lowest BCUT2D eigenvalue weighted by Crippen LogP contribution is -2.18. The number of esters is 1. The lowest BCUT2D eigenvalue weighted by atomic mass is 10.3. The molecule has 0 radical (unpaired) electrons. The maximum atomic E-state index is 10.5. The van der Waals surface area contributed by atoms with Gasteiger partial charge in [0.1, 0.15) is 6.10 Å². The predicted molar refractivity (Wildman–Crippen MR) is 32.8 cm³/mol. The normalized spacial score (nSPS) is 23.5. The van der Waals surface area contributed by atoms with E-state index in [0.29, 0.717) is 12.1 Å². The molecule has 54 valence electrons. The molecule has 4 heteroatoms. The van der Waals surface area contributed by atoms with Crippen molar-refractivity contribution < 1.29 is 14.3 Å². The largest absolute Gasteiger partial charge is 0.453 e. The summed E-state index contributed by atoms with van der Waals surface area (Å²) in [5.41, 5.74) is 0.514. The Balaban J connectivity index is 2.65. The Morgan fingerprint density at radius 3 is 2.90 bits per heavy atom. The van der Waals surface area contributed by atoms with Gasteiger partial charge in [-0.2, -0.15) is 0 Å². The zero-order chi connectivity index (χ0) is 7.56. The van der Waals surface area contributed by atoms with Gasteiger partial charge in [0.25, 0.3) is 0 Å². The maximum absolute atomic E-state index is 10.5. The van der Waals surface area contributed by atoms with Gasteiger partial charge in [0.2, 0.25) is 6.41 Å². The monoisotopic (exact) mass is 141 g/mol. The molecule has 1 heterocycles. The molecular formula is C6H7NO3. The Hall–Kier alpha value is -1.32. The highest BCUT2D eigenvalue weighted by atomic mass is 16.5. The molecule has 1 rings (SSSR count). The fourth-order valence-corrected chi connectivity index (χ4v) is 0.743. The van der Waals surface area contributed by atoms with Crippen LogP contribution in [0.25, 0.3) is 0 Å². The minimum Gasteiger partial charge on any atom is -0.453 e. The van der Waals surface area contributed by atoms with E-state index in [2.05, 4.69) is 10.1 Å². The molecular weight excluding hydrogens is 134 g/mol. The van der Waals surface area contributed by atoms with Gasteiger partial charge < -0.3 is 10.1 Å². The first-order chi connectivity index (χ1) is 4.74. The van der Waals surface area contributed by atoms with Crippen LogP contribution >= 0.6 is 0 Å². The van der Waals surface area contributed by atoms with Crippen molar-refractivity contribution >= 4 is 12.4 Å². The quantitative estimate of drug-likeness (QED) is 0.419. The van der Waals surface area contributed by atoms with Gasteiger partial charge in [-0.25, -0.2) is 4.79 Å². The fourth-order valence-electron chi connectivity index (χ4n) is 0.743. The number of nitrogens with one attached hydrogen (secondary N) is 1. The number of hydrogen-bond donors (Lipinski definition) is 1. The third kappa shape index (κ3) is 1.15. The topological polar surface area (TPSA) is 55.4 Å². The second-order valence-electron chi connectivity index (χ2n) is 1.94. The summed E-state index contributed by atoms with van der Waals surface area (Å²) in [4.78, 5) is 20.4. The summed E-state index contributed by atoms with van der Waals surface area (Å²) >= 11 is 0. The standard InChI is InChI=1S/C6H7NO3/c1-4-5(7-3-8)2-6(9)10-4/h2-4H,1H3,(H,7,8)/t4-/m0/s1. The van der Waals surface area contributed by atoms with Crippen LogP contribution in [0.4, 0.5) is 0 Å². The molecule has 4 nitrogen and oxygen atoms in total. The average Bonchev–Trinajstić information content (AvgIpc) is 2.13. The molecule has 0 saturated carbocycles. The third-order valence-electron chi connectivity index (χ3n) is 1.23. The van der Waals surface area contributed by atoms with Crippen LogP contribution in [0, 0.1) is 0 Å². The first-order valence-corrected chi connectivity index (χ1v) is 2.86. The molecule has 1 amide bonds. The van der Waals surface area contributed by atoms with Crippen LogP contribution in [-0.2, 0) is 14.3 Å². The van der Waals surface area contributed by atoms with Crippen molar-refractivity contribution in [2.45, 2.75) is 13.0 Å². The SMILES string of the molecule is C[C@@H]1OC(=O)C=C1NC=O. The molecule has 1 atom stereocenters. The number of ether oxygens (including phenoxy) is 1. The highest BCUT2D eigenvalue weighted by molar-refractivity contribution is 5.86. The summed E-state index contributed by atoms with van der Waals surface area (Å²) in [6.45, 7) is 1.69. The molecule has 0 spiro atoms. The summed E-state index contributed by atoms with van der Waals surface area (Å²) in [7, 11) is 0. The van der Waals surface area contributed by atoms with Crippen molar-refractivity contribution in [2.24, 2.45) is 0 Å². The molecule has 0 aromatic carbocycles. The Morgan fingerprint density at radius 2 is 2.50 bits per heavy atom. The molecule has 0 fully saturated rings. The van der Waals surface area contributed by atoms with E-state index in [1.807, 2.05) is 0 Å². The lowest BCUT2D eigenvalue weighted by molar-refractivity contribution is -0.138. The van der Waals surface area contributed by atoms with Crippen molar-refractivity contribution in [1.29, 1.82) is 0 Å². The van der Waals surface area contributed by atoms with Gasteiger partial charge in [-0.05, 0) is 6.92 Å². The van der Waals surface area contributed by atoms with E-state index >= 15 is 0 Å². The molecule has 0 bridgehead atoms.